The van der Waals surface area contributed by atoms with Crippen molar-refractivity contribution >= 4 is 17.6 Å². The van der Waals surface area contributed by atoms with Crippen molar-refractivity contribution in [3.8, 4) is 0 Å². The summed E-state index contributed by atoms with van der Waals surface area (Å²) in [4.78, 5) is 11.7. The first-order valence-corrected chi connectivity index (χ1v) is 4.52. The van der Waals surface area contributed by atoms with Gasteiger partial charge in [-0.1, -0.05) is 0 Å². The predicted octanol–water partition coefficient (Wildman–Crippen LogP) is -0.987. The molecule has 0 fully saturated rings. The van der Waals surface area contributed by atoms with Gasteiger partial charge in [-0.2, -0.15) is 4.99 Å². The summed E-state index contributed by atoms with van der Waals surface area (Å²) in [7, 11) is 1.88. The van der Waals surface area contributed by atoms with Crippen molar-refractivity contribution in [2.24, 2.45) is 16.5 Å². The molecule has 1 aromatic heterocycles. The van der Waals surface area contributed by atoms with Crippen molar-refractivity contribution < 1.29 is 0 Å². The SMILES string of the molecule is CNCCNc1cc(N=C(N)N)ncn1. The largest absolute Gasteiger partial charge is 0.370 e. The van der Waals surface area contributed by atoms with Crippen LogP contribution in [0.5, 0.6) is 0 Å². The molecule has 0 atom stereocenters. The van der Waals surface area contributed by atoms with Crippen molar-refractivity contribution in [1.29, 1.82) is 0 Å². The number of likely N-dealkylation sites (N-methyl/N-ethyl adjacent to an activating group) is 1. The summed E-state index contributed by atoms with van der Waals surface area (Å²) in [5.74, 6) is 1.12. The Hall–Kier alpha value is -1.89. The summed E-state index contributed by atoms with van der Waals surface area (Å²) in [5, 5.41) is 6.11. The van der Waals surface area contributed by atoms with E-state index in [1.54, 1.807) is 6.07 Å². The highest BCUT2D eigenvalue weighted by Crippen LogP contribution is 2.10. The molecule has 0 radical (unpaired) electrons. The highest BCUT2D eigenvalue weighted by molar-refractivity contribution is 5.78. The Balaban J connectivity index is 2.62. The smallest absolute Gasteiger partial charge is 0.192 e. The zero-order chi connectivity index (χ0) is 11.1. The Bertz CT molecular complexity index is 332. The quantitative estimate of drug-likeness (QED) is 0.281. The number of rotatable bonds is 5. The van der Waals surface area contributed by atoms with Gasteiger partial charge in [-0.3, -0.25) is 0 Å². The fourth-order valence-corrected chi connectivity index (χ4v) is 0.953. The number of nitrogens with zero attached hydrogens (tertiary/aromatic N) is 3. The summed E-state index contributed by atoms with van der Waals surface area (Å²) in [5.41, 5.74) is 10.5. The zero-order valence-corrected chi connectivity index (χ0v) is 8.57. The number of anilines is 1. The second kappa shape index (κ2) is 5.76. The lowest BCUT2D eigenvalue weighted by Crippen LogP contribution is -2.22. The zero-order valence-electron chi connectivity index (χ0n) is 8.57. The number of nitrogens with one attached hydrogen (secondary N) is 2. The molecule has 82 valence electrons. The molecule has 0 amide bonds. The Morgan fingerprint density at radius 3 is 2.87 bits per heavy atom. The Morgan fingerprint density at radius 1 is 1.40 bits per heavy atom. The molecule has 7 heteroatoms. The summed E-state index contributed by atoms with van der Waals surface area (Å²) in [6, 6.07) is 1.68. The lowest BCUT2D eigenvalue weighted by Gasteiger charge is -2.04. The van der Waals surface area contributed by atoms with Crippen LogP contribution in [0.15, 0.2) is 17.4 Å². The molecular formula is C8H15N7. The first-order chi connectivity index (χ1) is 7.22. The molecule has 0 aliphatic rings. The first-order valence-electron chi connectivity index (χ1n) is 4.52. The summed E-state index contributed by atoms with van der Waals surface area (Å²) < 4.78 is 0. The predicted molar refractivity (Wildman–Crippen MR) is 59.9 cm³/mol. The van der Waals surface area contributed by atoms with Crippen molar-refractivity contribution in [3.63, 3.8) is 0 Å². The second-order valence-electron chi connectivity index (χ2n) is 2.83. The molecular weight excluding hydrogens is 194 g/mol. The maximum absolute atomic E-state index is 5.23. The van der Waals surface area contributed by atoms with E-state index in [0.29, 0.717) is 11.6 Å². The van der Waals surface area contributed by atoms with Gasteiger partial charge in [0.2, 0.25) is 0 Å². The van der Waals surface area contributed by atoms with E-state index in [1.807, 2.05) is 7.05 Å². The van der Waals surface area contributed by atoms with Crippen LogP contribution in [-0.2, 0) is 0 Å². The first kappa shape index (κ1) is 11.2. The van der Waals surface area contributed by atoms with Crippen LogP contribution in [0.3, 0.4) is 0 Å². The maximum atomic E-state index is 5.23. The third-order valence-electron chi connectivity index (χ3n) is 1.58. The van der Waals surface area contributed by atoms with Gasteiger partial charge in [0.1, 0.15) is 12.1 Å². The van der Waals surface area contributed by atoms with E-state index in [4.69, 9.17) is 11.5 Å². The summed E-state index contributed by atoms with van der Waals surface area (Å²) >= 11 is 0. The Labute approximate surface area is 88.0 Å². The molecule has 0 aromatic carbocycles. The number of aromatic nitrogens is 2. The fourth-order valence-electron chi connectivity index (χ4n) is 0.953. The molecule has 1 rings (SSSR count). The van der Waals surface area contributed by atoms with E-state index < -0.39 is 0 Å². The molecule has 0 aliphatic heterocycles. The number of aliphatic imine (C=N–C) groups is 1. The Morgan fingerprint density at radius 2 is 2.20 bits per heavy atom. The van der Waals surface area contributed by atoms with Gasteiger partial charge in [0.05, 0.1) is 0 Å². The fraction of sp³-hybridized carbons (Fsp3) is 0.375. The molecule has 6 N–H and O–H groups in total. The molecule has 0 spiro atoms. The monoisotopic (exact) mass is 209 g/mol. The second-order valence-corrected chi connectivity index (χ2v) is 2.83. The van der Waals surface area contributed by atoms with Gasteiger partial charge < -0.3 is 22.1 Å². The van der Waals surface area contributed by atoms with E-state index in [0.717, 1.165) is 13.1 Å². The molecule has 15 heavy (non-hydrogen) atoms. The standard InChI is InChI=1S/C8H15N7/c1-11-2-3-12-6-4-7(14-5-13-6)15-8(9)10/h4-5,11H,2-3H2,1H3,(H5,9,10,12,13,14,15). The lowest BCUT2D eigenvalue weighted by molar-refractivity contribution is 0.821. The van der Waals surface area contributed by atoms with E-state index in [1.165, 1.54) is 6.33 Å². The van der Waals surface area contributed by atoms with Crippen LogP contribution in [0.1, 0.15) is 0 Å². The van der Waals surface area contributed by atoms with Crippen LogP contribution in [0.2, 0.25) is 0 Å². The minimum Gasteiger partial charge on any atom is -0.370 e. The highest BCUT2D eigenvalue weighted by atomic mass is 15.1. The number of nitrogens with two attached hydrogens (primary N) is 2. The van der Waals surface area contributed by atoms with Gasteiger partial charge in [0.15, 0.2) is 11.8 Å². The minimum absolute atomic E-state index is 0.0186. The third kappa shape index (κ3) is 4.23. The molecule has 0 saturated heterocycles. The van der Waals surface area contributed by atoms with Crippen molar-refractivity contribution in [2.75, 3.05) is 25.5 Å². The molecule has 1 aromatic rings. The van der Waals surface area contributed by atoms with Crippen LogP contribution in [-0.4, -0.2) is 36.1 Å². The summed E-state index contributed by atoms with van der Waals surface area (Å²) in [6.45, 7) is 1.62. The van der Waals surface area contributed by atoms with Crippen molar-refractivity contribution in [1.82, 2.24) is 15.3 Å². The van der Waals surface area contributed by atoms with Gasteiger partial charge in [0.25, 0.3) is 0 Å². The van der Waals surface area contributed by atoms with Crippen molar-refractivity contribution in [2.45, 2.75) is 0 Å². The van der Waals surface area contributed by atoms with E-state index >= 15 is 0 Å². The topological polar surface area (TPSA) is 114 Å². The van der Waals surface area contributed by atoms with Gasteiger partial charge in [-0.15, -0.1) is 0 Å². The Kier molecular flexibility index (Phi) is 4.30. The van der Waals surface area contributed by atoms with Gasteiger partial charge in [0, 0.05) is 19.2 Å². The highest BCUT2D eigenvalue weighted by Gasteiger charge is 1.96. The normalized spacial score (nSPS) is 9.67. The lowest BCUT2D eigenvalue weighted by atomic mass is 10.5. The number of guanidine groups is 1. The molecule has 0 aliphatic carbocycles. The number of hydrogen-bond donors (Lipinski definition) is 4. The molecule has 0 unspecified atom stereocenters. The van der Waals surface area contributed by atoms with E-state index in [-0.39, 0.29) is 5.96 Å². The van der Waals surface area contributed by atoms with Crippen LogP contribution in [0, 0.1) is 0 Å². The maximum Gasteiger partial charge on any atom is 0.192 e. The van der Waals surface area contributed by atoms with Gasteiger partial charge >= 0.3 is 0 Å². The number of hydrogen-bond acceptors (Lipinski definition) is 5. The average molecular weight is 209 g/mol. The average Bonchev–Trinajstić information content (AvgIpc) is 2.18. The van der Waals surface area contributed by atoms with Crippen LogP contribution >= 0.6 is 0 Å². The molecule has 1 heterocycles. The molecule has 0 bridgehead atoms. The third-order valence-corrected chi connectivity index (χ3v) is 1.58. The molecule has 0 saturated carbocycles. The molecule has 7 nitrogen and oxygen atoms in total. The van der Waals surface area contributed by atoms with E-state index in [2.05, 4.69) is 25.6 Å². The van der Waals surface area contributed by atoms with Crippen LogP contribution in [0.25, 0.3) is 0 Å². The van der Waals surface area contributed by atoms with Crippen molar-refractivity contribution in [3.05, 3.63) is 12.4 Å². The van der Waals surface area contributed by atoms with Gasteiger partial charge in [-0.05, 0) is 7.05 Å². The summed E-state index contributed by atoms with van der Waals surface area (Å²) in [6.07, 6.45) is 1.41. The van der Waals surface area contributed by atoms with Crippen LogP contribution < -0.4 is 22.1 Å². The van der Waals surface area contributed by atoms with Gasteiger partial charge in [-0.25, -0.2) is 9.97 Å². The minimum atomic E-state index is -0.0186. The van der Waals surface area contributed by atoms with Crippen LogP contribution in [0.4, 0.5) is 11.6 Å². The van der Waals surface area contributed by atoms with E-state index in [9.17, 15) is 0 Å².